The maximum absolute atomic E-state index is 11.7. The molecule has 0 aliphatic carbocycles. The second-order valence-corrected chi connectivity index (χ2v) is 3.97. The van der Waals surface area contributed by atoms with Gasteiger partial charge in [0.15, 0.2) is 0 Å². The summed E-state index contributed by atoms with van der Waals surface area (Å²) in [4.78, 5) is 11.7. The van der Waals surface area contributed by atoms with E-state index in [4.69, 9.17) is 10.8 Å². The molecule has 0 aliphatic rings. The zero-order valence-corrected chi connectivity index (χ0v) is 9.66. The SMILES string of the molecule is Cc1cc(N)ccc1C(=O)NCCC(C)O. The quantitative estimate of drug-likeness (QED) is 0.667. The number of amides is 1. The van der Waals surface area contributed by atoms with Gasteiger partial charge in [-0.1, -0.05) is 0 Å². The average Bonchev–Trinajstić information content (AvgIpc) is 2.16. The van der Waals surface area contributed by atoms with Crippen LogP contribution in [0.4, 0.5) is 5.69 Å². The molecule has 0 aliphatic heterocycles. The molecule has 0 heterocycles. The Morgan fingerprint density at radius 3 is 2.81 bits per heavy atom. The molecule has 1 amide bonds. The van der Waals surface area contributed by atoms with Gasteiger partial charge in [0.25, 0.3) is 5.91 Å². The lowest BCUT2D eigenvalue weighted by Crippen LogP contribution is -2.27. The first kappa shape index (κ1) is 12.5. The molecule has 0 saturated heterocycles. The molecule has 4 nitrogen and oxygen atoms in total. The molecular weight excluding hydrogens is 204 g/mol. The highest BCUT2D eigenvalue weighted by Gasteiger charge is 2.08. The standard InChI is InChI=1S/C12H18N2O2/c1-8-7-10(13)3-4-11(8)12(16)14-6-5-9(2)15/h3-4,7,9,15H,5-6,13H2,1-2H3,(H,14,16). The Morgan fingerprint density at radius 1 is 1.56 bits per heavy atom. The van der Waals surface area contributed by atoms with Gasteiger partial charge in [0.1, 0.15) is 0 Å². The number of hydrogen-bond acceptors (Lipinski definition) is 3. The monoisotopic (exact) mass is 222 g/mol. The molecule has 1 aromatic carbocycles. The Hall–Kier alpha value is -1.55. The van der Waals surface area contributed by atoms with Crippen LogP contribution in [0.2, 0.25) is 0 Å². The van der Waals surface area contributed by atoms with Gasteiger partial charge in [0, 0.05) is 17.8 Å². The summed E-state index contributed by atoms with van der Waals surface area (Å²) in [6.45, 7) is 4.01. The van der Waals surface area contributed by atoms with Crippen molar-refractivity contribution in [2.24, 2.45) is 0 Å². The molecule has 0 radical (unpaired) electrons. The molecular formula is C12H18N2O2. The van der Waals surface area contributed by atoms with Crippen LogP contribution in [-0.2, 0) is 0 Å². The number of benzene rings is 1. The van der Waals surface area contributed by atoms with Crippen molar-refractivity contribution in [1.29, 1.82) is 0 Å². The first-order chi connectivity index (χ1) is 7.50. The molecule has 1 atom stereocenters. The third-order valence-corrected chi connectivity index (χ3v) is 2.34. The van der Waals surface area contributed by atoms with Crippen molar-refractivity contribution in [3.63, 3.8) is 0 Å². The lowest BCUT2D eigenvalue weighted by atomic mass is 10.1. The van der Waals surface area contributed by atoms with E-state index >= 15 is 0 Å². The second-order valence-electron chi connectivity index (χ2n) is 3.97. The van der Waals surface area contributed by atoms with E-state index in [0.717, 1.165) is 5.56 Å². The Kier molecular flexibility index (Phi) is 4.31. The topological polar surface area (TPSA) is 75.4 Å². The predicted octanol–water partition coefficient (Wildman–Crippen LogP) is 1.08. The summed E-state index contributed by atoms with van der Waals surface area (Å²) in [5, 5.41) is 11.8. The third-order valence-electron chi connectivity index (χ3n) is 2.34. The largest absolute Gasteiger partial charge is 0.399 e. The van der Waals surface area contributed by atoms with E-state index in [0.29, 0.717) is 24.2 Å². The van der Waals surface area contributed by atoms with Gasteiger partial charge in [-0.15, -0.1) is 0 Å². The first-order valence-corrected chi connectivity index (χ1v) is 5.33. The van der Waals surface area contributed by atoms with Crippen LogP contribution in [-0.4, -0.2) is 23.7 Å². The molecule has 1 unspecified atom stereocenters. The molecule has 4 heteroatoms. The molecule has 0 saturated carbocycles. The molecule has 1 rings (SSSR count). The third kappa shape index (κ3) is 3.55. The highest BCUT2D eigenvalue weighted by atomic mass is 16.3. The summed E-state index contributed by atoms with van der Waals surface area (Å²) in [6, 6.07) is 5.18. The van der Waals surface area contributed by atoms with Gasteiger partial charge in [0.2, 0.25) is 0 Å². The molecule has 0 fully saturated rings. The first-order valence-electron chi connectivity index (χ1n) is 5.33. The van der Waals surface area contributed by atoms with Gasteiger partial charge in [-0.05, 0) is 44.0 Å². The molecule has 0 spiro atoms. The fourth-order valence-electron chi connectivity index (χ4n) is 1.43. The summed E-state index contributed by atoms with van der Waals surface area (Å²) < 4.78 is 0. The maximum atomic E-state index is 11.7. The molecule has 16 heavy (non-hydrogen) atoms. The van der Waals surface area contributed by atoms with Crippen LogP contribution in [0.5, 0.6) is 0 Å². The minimum Gasteiger partial charge on any atom is -0.399 e. The minimum atomic E-state index is -0.396. The van der Waals surface area contributed by atoms with E-state index in [1.165, 1.54) is 0 Å². The van der Waals surface area contributed by atoms with Crippen molar-refractivity contribution in [3.05, 3.63) is 29.3 Å². The summed E-state index contributed by atoms with van der Waals surface area (Å²) in [6.07, 6.45) is 0.160. The van der Waals surface area contributed by atoms with E-state index in [2.05, 4.69) is 5.32 Å². The number of nitrogens with two attached hydrogens (primary N) is 1. The minimum absolute atomic E-state index is 0.127. The van der Waals surface area contributed by atoms with Gasteiger partial charge >= 0.3 is 0 Å². The van der Waals surface area contributed by atoms with Crippen LogP contribution in [0.1, 0.15) is 29.3 Å². The smallest absolute Gasteiger partial charge is 0.251 e. The number of carbonyl (C=O) groups excluding carboxylic acids is 1. The Bertz CT molecular complexity index is 375. The fraction of sp³-hybridized carbons (Fsp3) is 0.417. The van der Waals surface area contributed by atoms with E-state index < -0.39 is 6.10 Å². The average molecular weight is 222 g/mol. The Morgan fingerprint density at radius 2 is 2.25 bits per heavy atom. The van der Waals surface area contributed by atoms with Crippen molar-refractivity contribution in [3.8, 4) is 0 Å². The lowest BCUT2D eigenvalue weighted by molar-refractivity contribution is 0.0945. The van der Waals surface area contributed by atoms with Crippen LogP contribution in [0, 0.1) is 6.92 Å². The number of aryl methyl sites for hydroxylation is 1. The normalized spacial score (nSPS) is 12.2. The van der Waals surface area contributed by atoms with Crippen molar-refractivity contribution < 1.29 is 9.90 Å². The molecule has 0 bridgehead atoms. The van der Waals surface area contributed by atoms with Gasteiger partial charge in [-0.3, -0.25) is 4.79 Å². The van der Waals surface area contributed by atoms with Gasteiger partial charge in [-0.2, -0.15) is 0 Å². The summed E-state index contributed by atoms with van der Waals surface area (Å²) in [7, 11) is 0. The van der Waals surface area contributed by atoms with Crippen molar-refractivity contribution in [2.45, 2.75) is 26.4 Å². The van der Waals surface area contributed by atoms with Crippen LogP contribution >= 0.6 is 0 Å². The lowest BCUT2D eigenvalue weighted by Gasteiger charge is -2.09. The van der Waals surface area contributed by atoms with Gasteiger partial charge in [-0.25, -0.2) is 0 Å². The fourth-order valence-corrected chi connectivity index (χ4v) is 1.43. The number of aliphatic hydroxyl groups excluding tert-OH is 1. The zero-order valence-electron chi connectivity index (χ0n) is 9.66. The number of carbonyl (C=O) groups is 1. The number of anilines is 1. The molecule has 1 aromatic rings. The van der Waals surface area contributed by atoms with Crippen LogP contribution in [0.3, 0.4) is 0 Å². The summed E-state index contributed by atoms with van der Waals surface area (Å²) in [5.74, 6) is -0.127. The molecule has 4 N–H and O–H groups in total. The maximum Gasteiger partial charge on any atom is 0.251 e. The van der Waals surface area contributed by atoms with E-state index in [-0.39, 0.29) is 5.91 Å². The van der Waals surface area contributed by atoms with Gasteiger partial charge < -0.3 is 16.2 Å². The zero-order chi connectivity index (χ0) is 12.1. The van der Waals surface area contributed by atoms with Crippen LogP contribution in [0.15, 0.2) is 18.2 Å². The van der Waals surface area contributed by atoms with Crippen molar-refractivity contribution in [1.82, 2.24) is 5.32 Å². The number of nitrogen functional groups attached to an aromatic ring is 1. The number of nitrogens with one attached hydrogen (secondary N) is 1. The van der Waals surface area contributed by atoms with Crippen LogP contribution < -0.4 is 11.1 Å². The molecule has 0 aromatic heterocycles. The van der Waals surface area contributed by atoms with Gasteiger partial charge in [0.05, 0.1) is 6.10 Å². The number of hydrogen-bond donors (Lipinski definition) is 3. The number of rotatable bonds is 4. The predicted molar refractivity (Wildman–Crippen MR) is 64.2 cm³/mol. The van der Waals surface area contributed by atoms with Crippen molar-refractivity contribution >= 4 is 11.6 Å². The second kappa shape index (κ2) is 5.51. The van der Waals surface area contributed by atoms with E-state index in [9.17, 15) is 4.79 Å². The summed E-state index contributed by atoms with van der Waals surface area (Å²) >= 11 is 0. The Labute approximate surface area is 95.5 Å². The molecule has 88 valence electrons. The summed E-state index contributed by atoms with van der Waals surface area (Å²) in [5.41, 5.74) is 7.73. The van der Waals surface area contributed by atoms with Crippen molar-refractivity contribution in [2.75, 3.05) is 12.3 Å². The Balaban J connectivity index is 2.59. The number of aliphatic hydroxyl groups is 1. The highest BCUT2D eigenvalue weighted by molar-refractivity contribution is 5.95. The van der Waals surface area contributed by atoms with E-state index in [1.54, 1.807) is 25.1 Å². The van der Waals surface area contributed by atoms with E-state index in [1.807, 2.05) is 6.92 Å². The van der Waals surface area contributed by atoms with Crippen LogP contribution in [0.25, 0.3) is 0 Å². The highest BCUT2D eigenvalue weighted by Crippen LogP contribution is 2.12.